The molecule has 41 heavy (non-hydrogen) atoms. The van der Waals surface area contributed by atoms with Gasteiger partial charge in [0.1, 0.15) is 17.1 Å². The van der Waals surface area contributed by atoms with Crippen molar-refractivity contribution in [3.8, 4) is 0 Å². The Balaban J connectivity index is 0.00000189. The number of carbonyl (C=O) groups excluding carboxylic acids is 1. The molecule has 9 nitrogen and oxygen atoms in total. The Labute approximate surface area is 239 Å². The van der Waals surface area contributed by atoms with Gasteiger partial charge in [0.15, 0.2) is 0 Å². The summed E-state index contributed by atoms with van der Waals surface area (Å²) in [5, 5.41) is 0. The first-order valence-corrected chi connectivity index (χ1v) is 13.9. The molecule has 3 saturated heterocycles. The number of piperazine rings is 1. The van der Waals surface area contributed by atoms with Crippen LogP contribution in [-0.2, 0) is 9.53 Å². The molecule has 0 aliphatic carbocycles. The quantitative estimate of drug-likeness (QED) is 0.500. The highest BCUT2D eigenvalue weighted by Crippen LogP contribution is 2.40. The average Bonchev–Trinajstić information content (AvgIpc) is 2.96. The SMILES string of the molecule is C=CC(=O)N1CCN(C2CN(c3cc(N4CC5(C4)OCCN=C5/C(C)=C\N)nc(C(F)F)c3/C=C\C)C2)CC1.CF. The Morgan fingerprint density at radius 2 is 1.88 bits per heavy atom. The Kier molecular flexibility index (Phi) is 9.75. The third-order valence-corrected chi connectivity index (χ3v) is 8.12. The summed E-state index contributed by atoms with van der Waals surface area (Å²) >= 11 is 0. The van der Waals surface area contributed by atoms with E-state index in [-0.39, 0.29) is 11.6 Å². The first kappa shape index (κ1) is 30.6. The molecule has 12 heteroatoms. The number of nitrogens with zero attached hydrogens (tertiary/aromatic N) is 6. The number of allylic oxidation sites excluding steroid dienone is 1. The molecule has 224 valence electrons. The van der Waals surface area contributed by atoms with E-state index < -0.39 is 12.0 Å². The number of anilines is 2. The van der Waals surface area contributed by atoms with E-state index in [9.17, 15) is 18.0 Å². The van der Waals surface area contributed by atoms with Crippen molar-refractivity contribution >= 4 is 29.2 Å². The number of ether oxygens (including phenoxy) is 1. The molecule has 1 amide bonds. The van der Waals surface area contributed by atoms with Gasteiger partial charge in [-0.3, -0.25) is 19.1 Å². The first-order valence-electron chi connectivity index (χ1n) is 13.9. The Morgan fingerprint density at radius 3 is 2.46 bits per heavy atom. The standard InChI is InChI=1S/C28H37F2N7O2.CH3F/c1-4-6-21-22(36-15-20(16-36)34-8-10-35(11-9-34)24(38)5-2)13-23(33-25(21)27(29)30)37-17-28(18-37)26(19(3)14-31)32-7-12-39-28;1-2/h4-6,13-14,20,27H,2,7-12,15-18,31H2,1,3H3;1H3/b6-4-,19-14-;. The van der Waals surface area contributed by atoms with E-state index in [4.69, 9.17) is 10.5 Å². The molecule has 0 aromatic carbocycles. The number of hydrogen-bond donors (Lipinski definition) is 1. The lowest BCUT2D eigenvalue weighted by atomic mass is 9.84. The number of amides is 1. The number of hydrogen-bond acceptors (Lipinski definition) is 8. The highest BCUT2D eigenvalue weighted by atomic mass is 19.3. The van der Waals surface area contributed by atoms with Crippen LogP contribution in [0, 0.1) is 0 Å². The van der Waals surface area contributed by atoms with Gasteiger partial charge in [0.25, 0.3) is 6.43 Å². The van der Waals surface area contributed by atoms with Gasteiger partial charge in [-0.05, 0) is 31.7 Å². The van der Waals surface area contributed by atoms with Crippen molar-refractivity contribution in [3.63, 3.8) is 0 Å². The lowest BCUT2D eigenvalue weighted by Gasteiger charge is -2.52. The summed E-state index contributed by atoms with van der Waals surface area (Å²) < 4.78 is 44.2. The fourth-order valence-corrected chi connectivity index (χ4v) is 5.94. The molecule has 4 aliphatic rings. The fraction of sp³-hybridized carbons (Fsp3) is 0.552. The smallest absolute Gasteiger partial charge is 0.281 e. The van der Waals surface area contributed by atoms with E-state index in [0.29, 0.717) is 63.9 Å². The fourth-order valence-electron chi connectivity index (χ4n) is 5.94. The van der Waals surface area contributed by atoms with E-state index in [1.807, 2.05) is 29.7 Å². The third-order valence-electron chi connectivity index (χ3n) is 8.12. The summed E-state index contributed by atoms with van der Waals surface area (Å²) in [4.78, 5) is 29.3. The second-order valence-corrected chi connectivity index (χ2v) is 10.5. The molecule has 1 aromatic rings. The van der Waals surface area contributed by atoms with Gasteiger partial charge in [-0.1, -0.05) is 18.7 Å². The third kappa shape index (κ3) is 5.99. The number of carbonyl (C=O) groups is 1. The van der Waals surface area contributed by atoms with Crippen molar-refractivity contribution in [2.24, 2.45) is 10.7 Å². The molecule has 4 aliphatic heterocycles. The van der Waals surface area contributed by atoms with Crippen LogP contribution in [0.25, 0.3) is 6.08 Å². The van der Waals surface area contributed by atoms with Crippen molar-refractivity contribution in [2.45, 2.75) is 31.9 Å². The van der Waals surface area contributed by atoms with Gasteiger partial charge in [-0.25, -0.2) is 13.8 Å². The van der Waals surface area contributed by atoms with Crippen LogP contribution in [-0.4, -0.2) is 111 Å². The van der Waals surface area contributed by atoms with Crippen molar-refractivity contribution in [1.29, 1.82) is 0 Å². The summed E-state index contributed by atoms with van der Waals surface area (Å²) in [6.07, 6.45) is 3.69. The Hall–Kier alpha value is -3.38. The second kappa shape index (κ2) is 13.1. The number of halogens is 3. The molecular weight excluding hydrogens is 535 g/mol. The molecule has 0 unspecified atom stereocenters. The lowest BCUT2D eigenvalue weighted by molar-refractivity contribution is -0.128. The van der Waals surface area contributed by atoms with Gasteiger partial charge < -0.3 is 25.2 Å². The monoisotopic (exact) mass is 575 g/mol. The Bertz CT molecular complexity index is 1200. The molecule has 5 rings (SSSR count). The van der Waals surface area contributed by atoms with E-state index in [2.05, 4.69) is 26.4 Å². The van der Waals surface area contributed by atoms with E-state index in [1.165, 1.54) is 12.3 Å². The minimum atomic E-state index is -2.71. The van der Waals surface area contributed by atoms with Crippen LogP contribution in [0.3, 0.4) is 0 Å². The molecule has 3 fully saturated rings. The number of nitrogens with two attached hydrogens (primary N) is 1. The number of aromatic nitrogens is 1. The van der Waals surface area contributed by atoms with Gasteiger partial charge in [-0.2, -0.15) is 0 Å². The van der Waals surface area contributed by atoms with Crippen LogP contribution >= 0.6 is 0 Å². The zero-order chi connectivity index (χ0) is 29.7. The van der Waals surface area contributed by atoms with Gasteiger partial charge in [0.2, 0.25) is 5.91 Å². The number of alkyl halides is 3. The molecule has 1 spiro atoms. The van der Waals surface area contributed by atoms with Crippen LogP contribution in [0.1, 0.15) is 31.5 Å². The largest absolute Gasteiger partial charge is 0.404 e. The molecule has 0 radical (unpaired) electrons. The van der Waals surface area contributed by atoms with Gasteiger partial charge in [0.05, 0.1) is 39.1 Å². The van der Waals surface area contributed by atoms with Crippen LogP contribution in [0.15, 0.2) is 41.6 Å². The summed E-state index contributed by atoms with van der Waals surface area (Å²) in [6.45, 7) is 13.7. The van der Waals surface area contributed by atoms with E-state index in [1.54, 1.807) is 12.2 Å². The second-order valence-electron chi connectivity index (χ2n) is 10.5. The molecule has 5 heterocycles. The normalized spacial score (nSPS) is 21.4. The summed E-state index contributed by atoms with van der Waals surface area (Å²) in [5.41, 5.74) is 7.88. The maximum Gasteiger partial charge on any atom is 0.281 e. The summed E-state index contributed by atoms with van der Waals surface area (Å²) in [7, 11) is 0.500. The maximum absolute atomic E-state index is 14.3. The van der Waals surface area contributed by atoms with E-state index >= 15 is 0 Å². The minimum absolute atomic E-state index is 0.0382. The van der Waals surface area contributed by atoms with Crippen LogP contribution < -0.4 is 15.5 Å². The highest BCUT2D eigenvalue weighted by molar-refractivity contribution is 6.08. The van der Waals surface area contributed by atoms with Crippen LogP contribution in [0.4, 0.5) is 24.7 Å². The summed E-state index contributed by atoms with van der Waals surface area (Å²) in [5.74, 6) is 0.478. The lowest BCUT2D eigenvalue weighted by Crippen LogP contribution is -2.69. The number of aliphatic imine (C=N–C) groups is 1. The minimum Gasteiger partial charge on any atom is -0.404 e. The molecule has 0 atom stereocenters. The number of pyridine rings is 1. The first-order chi connectivity index (χ1) is 19.8. The topological polar surface area (TPSA) is 90.5 Å². The predicted molar refractivity (Wildman–Crippen MR) is 156 cm³/mol. The number of rotatable bonds is 7. The van der Waals surface area contributed by atoms with Crippen LogP contribution in [0.2, 0.25) is 0 Å². The van der Waals surface area contributed by atoms with Crippen molar-refractivity contribution in [1.82, 2.24) is 14.8 Å². The molecular formula is C29H40F3N7O2. The maximum atomic E-state index is 14.3. The van der Waals surface area contributed by atoms with Crippen molar-refractivity contribution < 1.29 is 22.7 Å². The van der Waals surface area contributed by atoms with Crippen LogP contribution in [0.5, 0.6) is 0 Å². The molecule has 0 bridgehead atoms. The summed E-state index contributed by atoms with van der Waals surface area (Å²) in [6, 6.07) is 2.24. The van der Waals surface area contributed by atoms with Gasteiger partial charge >= 0.3 is 0 Å². The van der Waals surface area contributed by atoms with Gasteiger partial charge in [0, 0.05) is 62.6 Å². The zero-order valence-electron chi connectivity index (χ0n) is 24.0. The van der Waals surface area contributed by atoms with Crippen molar-refractivity contribution in [3.05, 3.63) is 47.8 Å². The van der Waals surface area contributed by atoms with E-state index in [0.717, 1.165) is 43.2 Å². The van der Waals surface area contributed by atoms with Gasteiger partial charge in [-0.15, -0.1) is 0 Å². The zero-order valence-corrected chi connectivity index (χ0v) is 24.0. The Morgan fingerprint density at radius 1 is 1.20 bits per heavy atom. The highest BCUT2D eigenvalue weighted by Gasteiger charge is 2.51. The predicted octanol–water partition coefficient (Wildman–Crippen LogP) is 3.05. The van der Waals surface area contributed by atoms with Crippen molar-refractivity contribution in [2.75, 3.05) is 82.5 Å². The molecule has 2 N–H and O–H groups in total. The average molecular weight is 576 g/mol. The molecule has 1 aromatic heterocycles. The molecule has 0 saturated carbocycles.